The van der Waals surface area contributed by atoms with Gasteiger partial charge in [-0.1, -0.05) is 153 Å². The van der Waals surface area contributed by atoms with E-state index in [4.69, 9.17) is 15.0 Å². The molecule has 6 aromatic carbocycles. The normalized spacial score (nSPS) is 12.8. The van der Waals surface area contributed by atoms with Crippen LogP contribution in [0.1, 0.15) is 25.0 Å². The van der Waals surface area contributed by atoms with Crippen LogP contribution in [-0.2, 0) is 5.41 Å². The molecule has 0 N–H and O–H groups in total. The topological polar surface area (TPSA) is 38.7 Å². The van der Waals surface area contributed by atoms with Crippen LogP contribution in [0.5, 0.6) is 0 Å². The summed E-state index contributed by atoms with van der Waals surface area (Å²) in [6.45, 7) is 4.64. The minimum Gasteiger partial charge on any atom is -0.208 e. The molecule has 0 fully saturated rings. The van der Waals surface area contributed by atoms with E-state index in [1.807, 2.05) is 36.4 Å². The maximum atomic E-state index is 5.08. The third kappa shape index (κ3) is 4.74. The molecular formula is C42H31N3. The quantitative estimate of drug-likeness (QED) is 0.204. The Bertz CT molecular complexity index is 2180. The maximum absolute atomic E-state index is 5.08. The molecule has 0 bridgehead atoms. The van der Waals surface area contributed by atoms with Crippen molar-refractivity contribution in [2.75, 3.05) is 0 Å². The highest BCUT2D eigenvalue weighted by Crippen LogP contribution is 2.52. The summed E-state index contributed by atoms with van der Waals surface area (Å²) in [6.07, 6.45) is 0. The van der Waals surface area contributed by atoms with Crippen molar-refractivity contribution in [3.05, 3.63) is 163 Å². The van der Waals surface area contributed by atoms with Gasteiger partial charge in [-0.2, -0.15) is 0 Å². The van der Waals surface area contributed by atoms with Gasteiger partial charge in [-0.15, -0.1) is 0 Å². The lowest BCUT2D eigenvalue weighted by atomic mass is 9.82. The summed E-state index contributed by atoms with van der Waals surface area (Å²) in [4.78, 5) is 15.1. The van der Waals surface area contributed by atoms with E-state index in [1.165, 1.54) is 27.8 Å². The summed E-state index contributed by atoms with van der Waals surface area (Å²) >= 11 is 0. The summed E-state index contributed by atoms with van der Waals surface area (Å²) in [6, 6.07) is 53.1. The Balaban J connectivity index is 1.28. The number of aromatic nitrogens is 3. The smallest absolute Gasteiger partial charge is 0.164 e. The first-order valence-corrected chi connectivity index (χ1v) is 15.4. The molecule has 3 nitrogen and oxygen atoms in total. The Kier molecular flexibility index (Phi) is 6.46. The van der Waals surface area contributed by atoms with Crippen LogP contribution < -0.4 is 0 Å². The van der Waals surface area contributed by atoms with E-state index in [2.05, 4.69) is 129 Å². The zero-order valence-electron chi connectivity index (χ0n) is 25.3. The fraction of sp³-hybridized carbons (Fsp3) is 0.0714. The van der Waals surface area contributed by atoms with E-state index < -0.39 is 0 Å². The van der Waals surface area contributed by atoms with Crippen molar-refractivity contribution in [1.29, 1.82) is 0 Å². The monoisotopic (exact) mass is 577 g/mol. The van der Waals surface area contributed by atoms with Crippen LogP contribution in [0, 0.1) is 0 Å². The molecule has 1 aliphatic rings. The van der Waals surface area contributed by atoms with Gasteiger partial charge in [0.05, 0.1) is 0 Å². The Morgan fingerprint density at radius 1 is 0.356 bits per heavy atom. The van der Waals surface area contributed by atoms with Gasteiger partial charge in [0.25, 0.3) is 0 Å². The number of hydrogen-bond donors (Lipinski definition) is 0. The fourth-order valence-corrected chi connectivity index (χ4v) is 6.64. The largest absolute Gasteiger partial charge is 0.208 e. The highest BCUT2D eigenvalue weighted by Gasteiger charge is 2.36. The summed E-state index contributed by atoms with van der Waals surface area (Å²) in [5, 5.41) is 0. The molecule has 3 heteroatoms. The van der Waals surface area contributed by atoms with E-state index in [1.54, 1.807) is 0 Å². The molecule has 1 aliphatic carbocycles. The molecule has 0 saturated heterocycles. The predicted octanol–water partition coefficient (Wildman–Crippen LogP) is 10.5. The van der Waals surface area contributed by atoms with Crippen LogP contribution in [0.4, 0.5) is 0 Å². The molecule has 1 aromatic heterocycles. The summed E-state index contributed by atoms with van der Waals surface area (Å²) in [5.74, 6) is 1.96. The number of fused-ring (bicyclic) bond motifs is 3. The third-order valence-corrected chi connectivity index (χ3v) is 8.93. The minimum atomic E-state index is -0.0540. The minimum absolute atomic E-state index is 0.0540. The van der Waals surface area contributed by atoms with Gasteiger partial charge in [-0.25, -0.2) is 15.0 Å². The van der Waals surface area contributed by atoms with Crippen LogP contribution in [0.3, 0.4) is 0 Å². The predicted molar refractivity (Wildman–Crippen MR) is 185 cm³/mol. The fourth-order valence-electron chi connectivity index (χ4n) is 6.64. The Morgan fingerprint density at radius 2 is 0.800 bits per heavy atom. The first-order chi connectivity index (χ1) is 22.1. The van der Waals surface area contributed by atoms with Crippen molar-refractivity contribution in [3.63, 3.8) is 0 Å². The molecule has 0 atom stereocenters. The molecule has 0 aliphatic heterocycles. The van der Waals surface area contributed by atoms with Crippen LogP contribution in [0.2, 0.25) is 0 Å². The lowest BCUT2D eigenvalue weighted by Crippen LogP contribution is -2.14. The first-order valence-electron chi connectivity index (χ1n) is 15.4. The van der Waals surface area contributed by atoms with E-state index in [-0.39, 0.29) is 5.41 Å². The molecule has 7 aromatic rings. The van der Waals surface area contributed by atoms with Gasteiger partial charge in [-0.3, -0.25) is 0 Å². The standard InChI is InChI=1S/C42H31N3/c1-42(2)36-24-10-9-22-35(36)38-34(23-13-25-37(38)42)31-19-12-21-33(27-31)41-44-39(29-16-7-4-8-17-29)43-40(45-41)32-20-11-18-30(26-32)28-14-5-3-6-15-28/h3-27H,1-2H3. The van der Waals surface area contributed by atoms with E-state index >= 15 is 0 Å². The molecule has 45 heavy (non-hydrogen) atoms. The van der Waals surface area contributed by atoms with E-state index in [0.717, 1.165) is 33.4 Å². The molecule has 0 radical (unpaired) electrons. The zero-order valence-corrected chi connectivity index (χ0v) is 25.3. The Labute approximate surface area is 264 Å². The number of rotatable bonds is 5. The van der Waals surface area contributed by atoms with Crippen LogP contribution >= 0.6 is 0 Å². The van der Waals surface area contributed by atoms with Gasteiger partial charge in [0.1, 0.15) is 0 Å². The summed E-state index contributed by atoms with van der Waals surface area (Å²) in [7, 11) is 0. The van der Waals surface area contributed by atoms with E-state index in [0.29, 0.717) is 17.5 Å². The van der Waals surface area contributed by atoms with E-state index in [9.17, 15) is 0 Å². The molecule has 1 heterocycles. The first kappa shape index (κ1) is 26.9. The highest BCUT2D eigenvalue weighted by molar-refractivity contribution is 5.93. The lowest BCUT2D eigenvalue weighted by molar-refractivity contribution is 0.660. The van der Waals surface area contributed by atoms with Gasteiger partial charge >= 0.3 is 0 Å². The summed E-state index contributed by atoms with van der Waals surface area (Å²) in [5.41, 5.74) is 12.8. The molecule has 0 unspecified atom stereocenters. The van der Waals surface area contributed by atoms with Crippen LogP contribution in [0.25, 0.3) is 67.5 Å². The second-order valence-corrected chi connectivity index (χ2v) is 12.1. The Hall–Kier alpha value is -5.67. The van der Waals surface area contributed by atoms with Gasteiger partial charge in [-0.05, 0) is 56.6 Å². The Morgan fingerprint density at radius 3 is 1.49 bits per heavy atom. The van der Waals surface area contributed by atoms with Crippen molar-refractivity contribution in [3.8, 4) is 67.5 Å². The third-order valence-electron chi connectivity index (χ3n) is 8.93. The average Bonchev–Trinajstić information content (AvgIpc) is 3.35. The molecular weight excluding hydrogens is 546 g/mol. The molecule has 0 amide bonds. The SMILES string of the molecule is CC1(C)c2ccccc2-c2c(-c3cccc(-c4nc(-c5ccccc5)nc(-c5cccc(-c6ccccc6)c5)n4)c3)cccc21. The average molecular weight is 578 g/mol. The van der Waals surface area contributed by atoms with Crippen LogP contribution in [-0.4, -0.2) is 15.0 Å². The number of benzene rings is 6. The molecule has 8 rings (SSSR count). The van der Waals surface area contributed by atoms with Gasteiger partial charge < -0.3 is 0 Å². The zero-order chi connectivity index (χ0) is 30.4. The van der Waals surface area contributed by atoms with Crippen molar-refractivity contribution >= 4 is 0 Å². The van der Waals surface area contributed by atoms with Crippen molar-refractivity contribution < 1.29 is 0 Å². The number of hydrogen-bond acceptors (Lipinski definition) is 3. The van der Waals surface area contributed by atoms with Gasteiger partial charge in [0.15, 0.2) is 17.5 Å². The summed E-state index contributed by atoms with van der Waals surface area (Å²) < 4.78 is 0. The van der Waals surface area contributed by atoms with Crippen molar-refractivity contribution in [1.82, 2.24) is 15.0 Å². The second kappa shape index (κ2) is 10.8. The molecule has 0 spiro atoms. The van der Waals surface area contributed by atoms with Crippen molar-refractivity contribution in [2.45, 2.75) is 19.3 Å². The molecule has 214 valence electrons. The van der Waals surface area contributed by atoms with Gasteiger partial charge in [0, 0.05) is 22.1 Å². The van der Waals surface area contributed by atoms with Crippen molar-refractivity contribution in [2.24, 2.45) is 0 Å². The highest BCUT2D eigenvalue weighted by atomic mass is 15.0. The maximum Gasteiger partial charge on any atom is 0.164 e. The number of nitrogens with zero attached hydrogens (tertiary/aromatic N) is 3. The van der Waals surface area contributed by atoms with Crippen LogP contribution in [0.15, 0.2) is 152 Å². The second-order valence-electron chi connectivity index (χ2n) is 12.1. The lowest BCUT2D eigenvalue weighted by Gasteiger charge is -2.21. The van der Waals surface area contributed by atoms with Gasteiger partial charge in [0.2, 0.25) is 0 Å². The molecule has 0 saturated carbocycles.